The Morgan fingerprint density at radius 2 is 2.19 bits per heavy atom. The first-order chi connectivity index (χ1) is 7.59. The second-order valence-corrected chi connectivity index (χ2v) is 4.64. The summed E-state index contributed by atoms with van der Waals surface area (Å²) < 4.78 is 0. The van der Waals surface area contributed by atoms with Crippen LogP contribution in [-0.2, 0) is 0 Å². The second-order valence-electron chi connectivity index (χ2n) is 4.64. The van der Waals surface area contributed by atoms with Gasteiger partial charge in [0.15, 0.2) is 0 Å². The Morgan fingerprint density at radius 1 is 1.50 bits per heavy atom. The molecule has 3 N–H and O–H groups in total. The maximum Gasteiger partial charge on any atom is 0.253 e. The zero-order chi connectivity index (χ0) is 11.7. The molecule has 0 bridgehead atoms. The van der Waals surface area contributed by atoms with Crippen LogP contribution in [0.2, 0.25) is 0 Å². The summed E-state index contributed by atoms with van der Waals surface area (Å²) in [7, 11) is 0. The molecule has 0 saturated heterocycles. The lowest BCUT2D eigenvalue weighted by Crippen LogP contribution is -2.34. The molecule has 1 aromatic rings. The maximum absolute atomic E-state index is 12.0. The number of rotatable bonds is 3. The molecular weight excluding hydrogens is 200 g/mol. The smallest absolute Gasteiger partial charge is 0.253 e. The quantitative estimate of drug-likeness (QED) is 0.763. The van der Waals surface area contributed by atoms with Crippen molar-refractivity contribution in [2.24, 2.45) is 5.92 Å². The summed E-state index contributed by atoms with van der Waals surface area (Å²) in [5.74, 6) is 0.615. The fourth-order valence-corrected chi connectivity index (χ4v) is 1.99. The van der Waals surface area contributed by atoms with Gasteiger partial charge in [0.25, 0.3) is 5.91 Å². The van der Waals surface area contributed by atoms with Crippen molar-refractivity contribution in [3.05, 3.63) is 29.3 Å². The van der Waals surface area contributed by atoms with Gasteiger partial charge in [-0.15, -0.1) is 0 Å². The molecule has 16 heavy (non-hydrogen) atoms. The molecule has 0 spiro atoms. The van der Waals surface area contributed by atoms with Crippen molar-refractivity contribution in [3.8, 4) is 0 Å². The Balaban J connectivity index is 2.13. The first-order valence-corrected chi connectivity index (χ1v) is 5.75. The van der Waals surface area contributed by atoms with Crippen molar-refractivity contribution in [1.29, 1.82) is 0 Å². The molecule has 1 aromatic carbocycles. The van der Waals surface area contributed by atoms with E-state index in [9.17, 15) is 4.79 Å². The van der Waals surface area contributed by atoms with Gasteiger partial charge in [0.1, 0.15) is 0 Å². The molecule has 1 atom stereocenters. The van der Waals surface area contributed by atoms with E-state index in [1.54, 1.807) is 6.07 Å². The summed E-state index contributed by atoms with van der Waals surface area (Å²) in [4.78, 5) is 12.0. The van der Waals surface area contributed by atoms with Gasteiger partial charge in [-0.25, -0.2) is 0 Å². The molecule has 1 saturated carbocycles. The zero-order valence-corrected chi connectivity index (χ0v) is 9.79. The van der Waals surface area contributed by atoms with Crippen molar-refractivity contribution in [2.45, 2.75) is 32.7 Å². The van der Waals surface area contributed by atoms with Gasteiger partial charge in [-0.3, -0.25) is 4.79 Å². The second kappa shape index (κ2) is 4.16. The number of carbonyl (C=O) groups is 1. The summed E-state index contributed by atoms with van der Waals surface area (Å²) in [5, 5.41) is 3.02. The fourth-order valence-electron chi connectivity index (χ4n) is 1.99. The predicted molar refractivity (Wildman–Crippen MR) is 65.2 cm³/mol. The standard InChI is InChI=1S/C13H18N2O/c1-8-4-3-5-11(14)12(8)13(16)15-9(2)10-6-7-10/h3-5,9-10H,6-7,14H2,1-2H3,(H,15,16). The molecule has 0 radical (unpaired) electrons. The summed E-state index contributed by atoms with van der Waals surface area (Å²) >= 11 is 0. The van der Waals surface area contributed by atoms with E-state index < -0.39 is 0 Å². The number of aryl methyl sites for hydroxylation is 1. The van der Waals surface area contributed by atoms with Crippen molar-refractivity contribution in [2.75, 3.05) is 5.73 Å². The third-order valence-corrected chi connectivity index (χ3v) is 3.22. The van der Waals surface area contributed by atoms with E-state index in [0.29, 0.717) is 17.2 Å². The molecule has 1 unspecified atom stereocenters. The molecule has 1 amide bonds. The van der Waals surface area contributed by atoms with Crippen molar-refractivity contribution in [1.82, 2.24) is 5.32 Å². The number of hydrogen-bond donors (Lipinski definition) is 2. The van der Waals surface area contributed by atoms with Crippen LogP contribution in [0.4, 0.5) is 5.69 Å². The van der Waals surface area contributed by atoms with Crippen LogP contribution >= 0.6 is 0 Å². The van der Waals surface area contributed by atoms with Gasteiger partial charge in [-0.05, 0) is 44.2 Å². The number of nitrogens with two attached hydrogens (primary N) is 1. The van der Waals surface area contributed by atoms with E-state index in [-0.39, 0.29) is 11.9 Å². The largest absolute Gasteiger partial charge is 0.398 e. The number of hydrogen-bond acceptors (Lipinski definition) is 2. The van der Waals surface area contributed by atoms with Gasteiger partial charge in [-0.1, -0.05) is 12.1 Å². The zero-order valence-electron chi connectivity index (χ0n) is 9.79. The Labute approximate surface area is 96.0 Å². The summed E-state index contributed by atoms with van der Waals surface area (Å²) in [6, 6.07) is 5.80. The minimum absolute atomic E-state index is 0.0463. The third-order valence-electron chi connectivity index (χ3n) is 3.22. The van der Waals surface area contributed by atoms with E-state index in [0.717, 1.165) is 5.56 Å². The highest BCUT2D eigenvalue weighted by Crippen LogP contribution is 2.32. The van der Waals surface area contributed by atoms with Crippen LogP contribution in [0.3, 0.4) is 0 Å². The number of nitrogens with one attached hydrogen (secondary N) is 1. The van der Waals surface area contributed by atoms with Gasteiger partial charge in [0, 0.05) is 11.7 Å². The summed E-state index contributed by atoms with van der Waals surface area (Å²) in [6.07, 6.45) is 2.45. The molecule has 3 heteroatoms. The minimum Gasteiger partial charge on any atom is -0.398 e. The highest BCUT2D eigenvalue weighted by Gasteiger charge is 2.29. The molecule has 1 aliphatic carbocycles. The van der Waals surface area contributed by atoms with Crippen molar-refractivity contribution >= 4 is 11.6 Å². The van der Waals surface area contributed by atoms with Gasteiger partial charge < -0.3 is 11.1 Å². The van der Waals surface area contributed by atoms with E-state index >= 15 is 0 Å². The lowest BCUT2D eigenvalue weighted by molar-refractivity contribution is 0.0936. The molecule has 0 aliphatic heterocycles. The Kier molecular flexibility index (Phi) is 2.86. The van der Waals surface area contributed by atoms with Crippen LogP contribution in [0.5, 0.6) is 0 Å². The number of benzene rings is 1. The Morgan fingerprint density at radius 3 is 2.75 bits per heavy atom. The van der Waals surface area contributed by atoms with E-state index in [4.69, 9.17) is 5.73 Å². The van der Waals surface area contributed by atoms with Crippen molar-refractivity contribution < 1.29 is 4.79 Å². The normalized spacial score (nSPS) is 16.9. The SMILES string of the molecule is Cc1cccc(N)c1C(=O)NC(C)C1CC1. The number of carbonyl (C=O) groups excluding carboxylic acids is 1. The molecule has 1 fully saturated rings. The molecular formula is C13H18N2O. The van der Waals surface area contributed by atoms with E-state index in [2.05, 4.69) is 12.2 Å². The van der Waals surface area contributed by atoms with E-state index in [1.807, 2.05) is 19.1 Å². The van der Waals surface area contributed by atoms with Crippen molar-refractivity contribution in [3.63, 3.8) is 0 Å². The van der Waals surface area contributed by atoms with Gasteiger partial charge in [0.05, 0.1) is 5.56 Å². The minimum atomic E-state index is -0.0463. The van der Waals surface area contributed by atoms with Crippen LogP contribution in [0.25, 0.3) is 0 Å². The topological polar surface area (TPSA) is 55.1 Å². The predicted octanol–water partition coefficient (Wildman–Crippen LogP) is 2.11. The monoisotopic (exact) mass is 218 g/mol. The third kappa shape index (κ3) is 2.18. The first kappa shape index (κ1) is 11.0. The van der Waals surface area contributed by atoms with Crippen LogP contribution < -0.4 is 11.1 Å². The van der Waals surface area contributed by atoms with Crippen LogP contribution in [-0.4, -0.2) is 11.9 Å². The van der Waals surface area contributed by atoms with Gasteiger partial charge >= 0.3 is 0 Å². The summed E-state index contributed by atoms with van der Waals surface area (Å²) in [5.41, 5.74) is 7.94. The molecule has 2 rings (SSSR count). The Bertz CT molecular complexity index is 390. The van der Waals surface area contributed by atoms with Crippen LogP contribution in [0, 0.1) is 12.8 Å². The molecule has 1 aliphatic rings. The van der Waals surface area contributed by atoms with Gasteiger partial charge in [0.2, 0.25) is 0 Å². The molecule has 3 nitrogen and oxygen atoms in total. The highest BCUT2D eigenvalue weighted by molar-refractivity contribution is 6.00. The number of anilines is 1. The average molecular weight is 218 g/mol. The Hall–Kier alpha value is -1.51. The van der Waals surface area contributed by atoms with E-state index in [1.165, 1.54) is 12.8 Å². The molecule has 0 aromatic heterocycles. The van der Waals surface area contributed by atoms with Crippen LogP contribution in [0.1, 0.15) is 35.7 Å². The lowest BCUT2D eigenvalue weighted by atomic mass is 10.1. The maximum atomic E-state index is 12.0. The number of amides is 1. The summed E-state index contributed by atoms with van der Waals surface area (Å²) in [6.45, 7) is 3.97. The molecule has 86 valence electrons. The van der Waals surface area contributed by atoms with Crippen LogP contribution in [0.15, 0.2) is 18.2 Å². The lowest BCUT2D eigenvalue weighted by Gasteiger charge is -2.15. The molecule has 0 heterocycles. The average Bonchev–Trinajstić information content (AvgIpc) is 2.99. The number of nitrogen functional groups attached to an aromatic ring is 1. The fraction of sp³-hybridized carbons (Fsp3) is 0.462. The first-order valence-electron chi connectivity index (χ1n) is 5.75. The highest BCUT2D eigenvalue weighted by atomic mass is 16.1. The van der Waals surface area contributed by atoms with Gasteiger partial charge in [-0.2, -0.15) is 0 Å².